The molecule has 2 amide bonds. The zero-order valence-corrected chi connectivity index (χ0v) is 27.2. The van der Waals surface area contributed by atoms with Crippen LogP contribution in [0.25, 0.3) is 28.1 Å². The first-order valence-electron chi connectivity index (χ1n) is 16.6. The number of nitrogens with zero attached hydrogens (tertiary/aromatic N) is 6. The van der Waals surface area contributed by atoms with E-state index < -0.39 is 0 Å². The average molecular weight is 633 g/mol. The van der Waals surface area contributed by atoms with E-state index in [4.69, 9.17) is 20.4 Å². The lowest BCUT2D eigenvalue weighted by Crippen LogP contribution is -2.40. The van der Waals surface area contributed by atoms with Gasteiger partial charge in [-0.2, -0.15) is 0 Å². The standard InChI is InChI=1S/C36H40N8O3/c1-19-13-24(11-12-38-19)35(45)39-20(2)28-9-7-23-14-30(42(34(23)40-28)18-22-5-6-22)33-21(3)43-31(41-33)15-25(16-32(43)47-4)36(46)44-26-8-10-29(44)27(37)17-26/h7,9,11-16,20,22,26-27,29H,5-6,8,10,17-18,37H2,1-4H3,(H,39,45)/t20-,26+,27-,29-/m1/s1. The largest absolute Gasteiger partial charge is 0.482 e. The molecule has 8 rings (SSSR count). The van der Waals surface area contributed by atoms with Crippen LogP contribution in [-0.2, 0) is 6.54 Å². The fourth-order valence-corrected chi connectivity index (χ4v) is 7.66. The van der Waals surface area contributed by atoms with Gasteiger partial charge < -0.3 is 25.3 Å². The summed E-state index contributed by atoms with van der Waals surface area (Å²) in [6, 6.07) is 13.4. The van der Waals surface area contributed by atoms with Crippen molar-refractivity contribution in [2.75, 3.05) is 7.11 Å². The van der Waals surface area contributed by atoms with Crippen molar-refractivity contribution < 1.29 is 14.3 Å². The van der Waals surface area contributed by atoms with Crippen LogP contribution in [-0.4, -0.2) is 65.9 Å². The lowest BCUT2D eigenvalue weighted by molar-refractivity contribution is 0.0725. The number of carbonyl (C=O) groups excluding carboxylic acids is 2. The Bertz CT molecular complexity index is 2060. The number of ether oxygens (including phenoxy) is 1. The highest BCUT2D eigenvalue weighted by molar-refractivity contribution is 5.97. The Morgan fingerprint density at radius 2 is 1.87 bits per heavy atom. The summed E-state index contributed by atoms with van der Waals surface area (Å²) in [6.07, 6.45) is 6.84. The number of aromatic nitrogens is 5. The first kappa shape index (κ1) is 29.6. The smallest absolute Gasteiger partial charge is 0.254 e. The molecule has 3 aliphatic rings. The second-order valence-electron chi connectivity index (χ2n) is 13.5. The second-order valence-corrected chi connectivity index (χ2v) is 13.5. The number of nitrogens with two attached hydrogens (primary N) is 1. The molecule has 3 fully saturated rings. The predicted octanol–water partition coefficient (Wildman–Crippen LogP) is 4.98. The molecule has 0 spiro atoms. The van der Waals surface area contributed by atoms with Gasteiger partial charge in [-0.3, -0.25) is 19.0 Å². The maximum Gasteiger partial charge on any atom is 0.254 e. The van der Waals surface area contributed by atoms with E-state index >= 15 is 0 Å². The van der Waals surface area contributed by atoms with Crippen LogP contribution in [0.3, 0.4) is 0 Å². The van der Waals surface area contributed by atoms with E-state index in [9.17, 15) is 9.59 Å². The van der Waals surface area contributed by atoms with Crippen molar-refractivity contribution in [2.24, 2.45) is 11.7 Å². The minimum atomic E-state index is -0.300. The Kier molecular flexibility index (Phi) is 7.05. The quantitative estimate of drug-likeness (QED) is 0.247. The monoisotopic (exact) mass is 632 g/mol. The molecule has 0 radical (unpaired) electrons. The molecule has 0 aromatic carbocycles. The lowest BCUT2D eigenvalue weighted by Gasteiger charge is -2.23. The van der Waals surface area contributed by atoms with Gasteiger partial charge in [0.05, 0.1) is 30.2 Å². The molecule has 5 aromatic rings. The van der Waals surface area contributed by atoms with E-state index in [1.54, 1.807) is 25.4 Å². The number of pyridine rings is 3. The SMILES string of the molecule is COc1cc(C(=O)N2[C@H]3CC[C@@H]2[C@H](N)C3)cc2nc(-c3cc4ccc([C@@H](C)NC(=O)c5ccnc(C)c5)nc4n3CC3CC3)c(C)n12. The van der Waals surface area contributed by atoms with E-state index in [-0.39, 0.29) is 36.0 Å². The van der Waals surface area contributed by atoms with E-state index in [0.717, 1.165) is 65.3 Å². The third-order valence-electron chi connectivity index (χ3n) is 10.3. The first-order chi connectivity index (χ1) is 22.7. The number of aryl methyl sites for hydroxylation is 2. The predicted molar refractivity (Wildman–Crippen MR) is 178 cm³/mol. The molecule has 0 unspecified atom stereocenters. The Morgan fingerprint density at radius 3 is 2.57 bits per heavy atom. The molecule has 11 heteroatoms. The summed E-state index contributed by atoms with van der Waals surface area (Å²) in [6.45, 7) is 6.69. The third kappa shape index (κ3) is 5.04. The molecular formula is C36H40N8O3. The number of imidazole rings is 1. The first-order valence-corrected chi connectivity index (χ1v) is 16.6. The van der Waals surface area contributed by atoms with E-state index in [0.29, 0.717) is 28.6 Å². The summed E-state index contributed by atoms with van der Waals surface area (Å²) in [5.41, 5.74) is 13.3. The van der Waals surface area contributed by atoms with Crippen LogP contribution >= 0.6 is 0 Å². The highest BCUT2D eigenvalue weighted by atomic mass is 16.5. The maximum absolute atomic E-state index is 13.8. The van der Waals surface area contributed by atoms with Crippen molar-refractivity contribution in [1.82, 2.24) is 34.1 Å². The number of hydrogen-bond donors (Lipinski definition) is 2. The van der Waals surface area contributed by atoms with Gasteiger partial charge in [0.15, 0.2) is 5.88 Å². The number of fused-ring (bicyclic) bond motifs is 4. The normalized spacial score (nSPS) is 21.1. The fourth-order valence-electron chi connectivity index (χ4n) is 7.66. The molecule has 11 nitrogen and oxygen atoms in total. The molecule has 47 heavy (non-hydrogen) atoms. The van der Waals surface area contributed by atoms with Crippen molar-refractivity contribution in [3.05, 3.63) is 76.9 Å². The Balaban J connectivity index is 1.17. The number of rotatable bonds is 8. The van der Waals surface area contributed by atoms with Gasteiger partial charge in [0.2, 0.25) is 0 Å². The highest BCUT2D eigenvalue weighted by Gasteiger charge is 2.47. The van der Waals surface area contributed by atoms with Crippen molar-refractivity contribution in [3.63, 3.8) is 0 Å². The van der Waals surface area contributed by atoms with Crippen molar-refractivity contribution >= 4 is 28.5 Å². The molecule has 5 aromatic heterocycles. The summed E-state index contributed by atoms with van der Waals surface area (Å²) in [5.74, 6) is 0.983. The summed E-state index contributed by atoms with van der Waals surface area (Å²) in [4.78, 5) is 43.2. The Hall–Kier alpha value is -4.77. The van der Waals surface area contributed by atoms with Crippen LogP contribution in [0.2, 0.25) is 0 Å². The average Bonchev–Trinajstić information content (AvgIpc) is 3.38. The molecule has 2 saturated heterocycles. The maximum atomic E-state index is 13.8. The van der Waals surface area contributed by atoms with Gasteiger partial charge in [-0.25, -0.2) is 9.97 Å². The van der Waals surface area contributed by atoms with E-state index in [1.807, 2.05) is 48.3 Å². The highest BCUT2D eigenvalue weighted by Crippen LogP contribution is 2.40. The molecule has 1 saturated carbocycles. The molecule has 3 N–H and O–H groups in total. The summed E-state index contributed by atoms with van der Waals surface area (Å²) >= 11 is 0. The van der Waals surface area contributed by atoms with Gasteiger partial charge in [0.25, 0.3) is 11.8 Å². The molecule has 242 valence electrons. The number of carbonyl (C=O) groups is 2. The van der Waals surface area contributed by atoms with Gasteiger partial charge in [-0.05, 0) is 95.2 Å². The number of amides is 2. The van der Waals surface area contributed by atoms with E-state index in [1.165, 1.54) is 12.8 Å². The Morgan fingerprint density at radius 1 is 1.04 bits per heavy atom. The van der Waals surface area contributed by atoms with Crippen LogP contribution in [0, 0.1) is 19.8 Å². The third-order valence-corrected chi connectivity index (χ3v) is 10.3. The van der Waals surface area contributed by atoms with Crippen LogP contribution in [0.1, 0.15) is 82.9 Å². The molecule has 2 bridgehead atoms. The van der Waals surface area contributed by atoms with Gasteiger partial charge in [0.1, 0.15) is 17.0 Å². The second kappa shape index (κ2) is 11.2. The molecule has 1 aliphatic carbocycles. The molecule has 7 heterocycles. The zero-order chi connectivity index (χ0) is 32.6. The van der Waals surface area contributed by atoms with Gasteiger partial charge in [0, 0.05) is 59.1 Å². The van der Waals surface area contributed by atoms with Crippen molar-refractivity contribution in [2.45, 2.75) is 83.6 Å². The Labute approximate surface area is 273 Å². The molecule has 4 atom stereocenters. The minimum Gasteiger partial charge on any atom is -0.482 e. The summed E-state index contributed by atoms with van der Waals surface area (Å²) in [7, 11) is 1.63. The molecule has 2 aliphatic heterocycles. The van der Waals surface area contributed by atoms with Crippen LogP contribution in [0.15, 0.2) is 48.7 Å². The fraction of sp³-hybridized carbons (Fsp3) is 0.417. The number of hydrogen-bond acceptors (Lipinski definition) is 7. The molecular weight excluding hydrogens is 592 g/mol. The van der Waals surface area contributed by atoms with Gasteiger partial charge in [-0.15, -0.1) is 0 Å². The van der Waals surface area contributed by atoms with Crippen LogP contribution in [0.4, 0.5) is 0 Å². The lowest BCUT2D eigenvalue weighted by atomic mass is 9.97. The zero-order valence-electron chi connectivity index (χ0n) is 27.2. The van der Waals surface area contributed by atoms with Crippen molar-refractivity contribution in [3.8, 4) is 17.3 Å². The topological polar surface area (TPSA) is 133 Å². The van der Waals surface area contributed by atoms with Crippen LogP contribution < -0.4 is 15.8 Å². The van der Waals surface area contributed by atoms with E-state index in [2.05, 4.69) is 27.0 Å². The number of methoxy groups -OCH3 is 1. The van der Waals surface area contributed by atoms with Crippen LogP contribution in [0.5, 0.6) is 5.88 Å². The minimum absolute atomic E-state index is 0.00620. The van der Waals surface area contributed by atoms with Gasteiger partial charge >= 0.3 is 0 Å². The van der Waals surface area contributed by atoms with Crippen molar-refractivity contribution in [1.29, 1.82) is 0 Å². The van der Waals surface area contributed by atoms with Gasteiger partial charge in [-0.1, -0.05) is 0 Å². The number of nitrogens with one attached hydrogen (secondary N) is 1. The summed E-state index contributed by atoms with van der Waals surface area (Å²) < 4.78 is 10.1. The summed E-state index contributed by atoms with van der Waals surface area (Å²) in [5, 5.41) is 4.10.